The lowest BCUT2D eigenvalue weighted by molar-refractivity contribution is -0.231. The summed E-state index contributed by atoms with van der Waals surface area (Å²) in [5.74, 6) is 0.799. The molecule has 5 atom stereocenters. The van der Waals surface area contributed by atoms with Crippen LogP contribution in [0, 0.1) is 0 Å². The van der Waals surface area contributed by atoms with Crippen molar-refractivity contribution in [2.45, 2.75) is 43.9 Å². The molecule has 168 valence electrons. The van der Waals surface area contributed by atoms with Gasteiger partial charge in [0.05, 0.1) is 13.2 Å². The van der Waals surface area contributed by atoms with Crippen LogP contribution in [0.2, 0.25) is 5.02 Å². The van der Waals surface area contributed by atoms with E-state index in [1.807, 2.05) is 37.3 Å². The molecule has 1 saturated heterocycles. The van der Waals surface area contributed by atoms with E-state index in [2.05, 4.69) is 0 Å². The van der Waals surface area contributed by atoms with Gasteiger partial charge >= 0.3 is 0 Å². The van der Waals surface area contributed by atoms with Crippen LogP contribution in [-0.4, -0.2) is 69.0 Å². The second-order valence-electron chi connectivity index (χ2n) is 6.85. The Morgan fingerprint density at radius 3 is 2.23 bits per heavy atom. The van der Waals surface area contributed by atoms with Gasteiger partial charge in [0.15, 0.2) is 0 Å². The molecule has 0 saturated carbocycles. The molecule has 0 bridgehead atoms. The maximum atomic E-state index is 10.3. The molecule has 0 radical (unpaired) electrons. The first-order valence-corrected chi connectivity index (χ1v) is 9.63. The van der Waals surface area contributed by atoms with Crippen LogP contribution < -0.4 is 4.74 Å². The van der Waals surface area contributed by atoms with Gasteiger partial charge < -0.3 is 40.9 Å². The summed E-state index contributed by atoms with van der Waals surface area (Å²) in [5.41, 5.74) is 2.49. The number of aliphatic hydroxyl groups excluding tert-OH is 4. The number of aliphatic hydroxyl groups is 4. The minimum Gasteiger partial charge on any atom is -0.494 e. The average Bonchev–Trinajstić information content (AvgIpc) is 2.70. The van der Waals surface area contributed by atoms with Crippen LogP contribution in [0.3, 0.4) is 0 Å². The summed E-state index contributed by atoms with van der Waals surface area (Å²) in [6.07, 6.45) is -5.39. The molecule has 8 nitrogen and oxygen atoms in total. The summed E-state index contributed by atoms with van der Waals surface area (Å²) in [6.45, 7) is 2.07. The van der Waals surface area contributed by atoms with Crippen molar-refractivity contribution in [3.63, 3.8) is 0 Å². The van der Waals surface area contributed by atoms with E-state index in [0.717, 1.165) is 16.9 Å². The lowest BCUT2D eigenvalue weighted by Crippen LogP contribution is -2.55. The first kappa shape index (κ1) is 26.3. The average molecular weight is 445 g/mol. The van der Waals surface area contributed by atoms with Crippen molar-refractivity contribution in [3.05, 3.63) is 64.2 Å². The molecule has 1 fully saturated rings. The number of benzene rings is 2. The summed E-state index contributed by atoms with van der Waals surface area (Å²) >= 11 is 6.35. The molecule has 30 heavy (non-hydrogen) atoms. The van der Waals surface area contributed by atoms with Gasteiger partial charge in [-0.2, -0.15) is 0 Å². The lowest BCUT2D eigenvalue weighted by Gasteiger charge is -2.40. The van der Waals surface area contributed by atoms with Crippen molar-refractivity contribution in [1.29, 1.82) is 0 Å². The zero-order valence-electron chi connectivity index (χ0n) is 16.5. The molecule has 1 heterocycles. The second-order valence-corrected chi connectivity index (χ2v) is 7.26. The van der Waals surface area contributed by atoms with E-state index in [4.69, 9.17) is 21.1 Å². The number of rotatable bonds is 6. The van der Waals surface area contributed by atoms with Crippen LogP contribution in [-0.2, 0) is 11.2 Å². The summed E-state index contributed by atoms with van der Waals surface area (Å²) < 4.78 is 11.1. The third-order valence-electron chi connectivity index (χ3n) is 4.92. The quantitative estimate of drug-likeness (QED) is 0.497. The van der Waals surface area contributed by atoms with Crippen molar-refractivity contribution >= 4 is 11.6 Å². The molecule has 9 heteroatoms. The van der Waals surface area contributed by atoms with Crippen LogP contribution in [0.5, 0.6) is 5.75 Å². The summed E-state index contributed by atoms with van der Waals surface area (Å²) in [6, 6.07) is 12.9. The van der Waals surface area contributed by atoms with Crippen LogP contribution in [0.1, 0.15) is 29.7 Å². The van der Waals surface area contributed by atoms with Crippen LogP contribution in [0.25, 0.3) is 0 Å². The molecule has 0 aromatic heterocycles. The molecule has 0 amide bonds. The molecule has 1 aliphatic rings. The van der Waals surface area contributed by atoms with E-state index < -0.39 is 37.1 Å². The monoisotopic (exact) mass is 444 g/mol. The molecule has 2 aromatic carbocycles. The van der Waals surface area contributed by atoms with E-state index >= 15 is 0 Å². The number of hydrogen-bond acceptors (Lipinski definition) is 6. The topological polar surface area (TPSA) is 162 Å². The normalized spacial score (nSPS) is 25.7. The largest absolute Gasteiger partial charge is 0.494 e. The Labute approximate surface area is 179 Å². The third kappa shape index (κ3) is 5.69. The van der Waals surface area contributed by atoms with Crippen LogP contribution in [0.15, 0.2) is 42.5 Å². The Hall–Kier alpha value is -1.75. The van der Waals surface area contributed by atoms with E-state index in [1.165, 1.54) is 0 Å². The van der Waals surface area contributed by atoms with E-state index in [1.54, 1.807) is 12.1 Å². The Bertz CT molecular complexity index is 783. The fraction of sp³-hybridized carbons (Fsp3) is 0.429. The van der Waals surface area contributed by atoms with Gasteiger partial charge in [-0.3, -0.25) is 0 Å². The van der Waals surface area contributed by atoms with E-state index in [-0.39, 0.29) is 11.0 Å². The van der Waals surface area contributed by atoms with Crippen LogP contribution >= 0.6 is 11.6 Å². The fourth-order valence-electron chi connectivity index (χ4n) is 3.37. The lowest BCUT2D eigenvalue weighted by atomic mass is 9.90. The zero-order valence-corrected chi connectivity index (χ0v) is 17.3. The highest BCUT2D eigenvalue weighted by atomic mass is 35.5. The first-order chi connectivity index (χ1) is 13.4. The van der Waals surface area contributed by atoms with Gasteiger partial charge in [-0.05, 0) is 48.2 Å². The Morgan fingerprint density at radius 2 is 1.63 bits per heavy atom. The number of halogens is 1. The van der Waals surface area contributed by atoms with Crippen molar-refractivity contribution in [3.8, 4) is 5.75 Å². The van der Waals surface area contributed by atoms with Crippen molar-refractivity contribution in [2.24, 2.45) is 0 Å². The minimum atomic E-state index is -1.42. The molecular formula is C21H29ClO8. The minimum absolute atomic E-state index is 0. The molecule has 0 spiro atoms. The van der Waals surface area contributed by atoms with Crippen molar-refractivity contribution in [1.82, 2.24) is 0 Å². The molecule has 3 rings (SSSR count). The Morgan fingerprint density at radius 1 is 0.967 bits per heavy atom. The Kier molecular flexibility index (Phi) is 10.2. The van der Waals surface area contributed by atoms with E-state index in [0.29, 0.717) is 23.6 Å². The predicted octanol–water partition coefficient (Wildman–Crippen LogP) is 0.195. The highest BCUT2D eigenvalue weighted by Gasteiger charge is 2.43. The summed E-state index contributed by atoms with van der Waals surface area (Å²) in [5, 5.41) is 40.3. The summed E-state index contributed by atoms with van der Waals surface area (Å²) in [7, 11) is 0. The van der Waals surface area contributed by atoms with Gasteiger partial charge in [0.1, 0.15) is 36.3 Å². The van der Waals surface area contributed by atoms with Gasteiger partial charge in [-0.1, -0.05) is 35.9 Å². The maximum Gasteiger partial charge on any atom is 0.119 e. The van der Waals surface area contributed by atoms with Crippen molar-refractivity contribution < 1.29 is 40.9 Å². The number of ether oxygens (including phenoxy) is 2. The molecule has 1 aliphatic heterocycles. The zero-order chi connectivity index (χ0) is 20.3. The van der Waals surface area contributed by atoms with Crippen LogP contribution in [0.4, 0.5) is 0 Å². The highest BCUT2D eigenvalue weighted by molar-refractivity contribution is 6.31. The van der Waals surface area contributed by atoms with Crippen molar-refractivity contribution in [2.75, 3.05) is 13.2 Å². The molecule has 8 N–H and O–H groups in total. The Balaban J connectivity index is 0.00000225. The van der Waals surface area contributed by atoms with E-state index in [9.17, 15) is 20.4 Å². The third-order valence-corrected chi connectivity index (χ3v) is 5.29. The molecular weight excluding hydrogens is 416 g/mol. The second kappa shape index (κ2) is 11.6. The molecule has 1 unspecified atom stereocenters. The van der Waals surface area contributed by atoms with Gasteiger partial charge in [0.25, 0.3) is 0 Å². The van der Waals surface area contributed by atoms with Gasteiger partial charge in [0, 0.05) is 5.02 Å². The first-order valence-electron chi connectivity index (χ1n) is 9.25. The molecule has 0 aliphatic carbocycles. The number of hydrogen-bond donors (Lipinski definition) is 4. The fourth-order valence-corrected chi connectivity index (χ4v) is 3.56. The molecule has 2 aromatic rings. The van der Waals surface area contributed by atoms with Gasteiger partial charge in [-0.25, -0.2) is 0 Å². The van der Waals surface area contributed by atoms with Gasteiger partial charge in [-0.15, -0.1) is 0 Å². The maximum absolute atomic E-state index is 10.3. The summed E-state index contributed by atoms with van der Waals surface area (Å²) in [4.78, 5) is 0. The SMILES string of the molecule is CCOc1ccc(Cc2cc(C3O[C@H](CO)[C@@H](O)[C@H](O)[C@H]3O)ccc2Cl)cc1.O.O. The smallest absolute Gasteiger partial charge is 0.119 e. The standard InChI is InChI=1S/C21H25ClO6.2H2O/c1-2-27-15-6-3-12(4-7-15)9-14-10-13(5-8-16(14)22)21-20(26)19(25)18(24)17(11-23)28-21;;/h3-8,10,17-21,23-26H,2,9,11H2,1H3;2*1H2/t17-,18-,19+,20-,21?;;/m1../s1. The van der Waals surface area contributed by atoms with Gasteiger partial charge in [0.2, 0.25) is 0 Å². The predicted molar refractivity (Wildman–Crippen MR) is 112 cm³/mol. The highest BCUT2D eigenvalue weighted by Crippen LogP contribution is 2.34.